The van der Waals surface area contributed by atoms with Crippen LogP contribution in [0.15, 0.2) is 30.3 Å². The Morgan fingerprint density at radius 3 is 2.47 bits per heavy atom. The molecule has 1 aromatic rings. The molecule has 0 saturated heterocycles. The summed E-state index contributed by atoms with van der Waals surface area (Å²) >= 11 is 6.12. The third kappa shape index (κ3) is 4.39. The van der Waals surface area contributed by atoms with Gasteiger partial charge < -0.3 is 5.32 Å². The maximum absolute atomic E-state index is 11.9. The highest BCUT2D eigenvalue weighted by atomic mass is 35.5. The topological polar surface area (TPSA) is 29.1 Å². The average molecular weight is 254 g/mol. The van der Waals surface area contributed by atoms with E-state index in [1.165, 1.54) is 0 Å². The second kappa shape index (κ2) is 6.06. The van der Waals surface area contributed by atoms with Gasteiger partial charge in [-0.1, -0.05) is 51.1 Å². The van der Waals surface area contributed by atoms with E-state index in [4.69, 9.17) is 11.6 Å². The van der Waals surface area contributed by atoms with E-state index < -0.39 is 5.38 Å². The number of nitrogens with one attached hydrogen (secondary N) is 1. The first-order chi connectivity index (χ1) is 7.96. The monoisotopic (exact) mass is 253 g/mol. The molecule has 1 aromatic carbocycles. The summed E-state index contributed by atoms with van der Waals surface area (Å²) in [6.45, 7) is 7.01. The maximum Gasteiger partial charge on any atom is 0.242 e. The third-order valence-corrected chi connectivity index (χ3v) is 3.47. The molecule has 2 nitrogen and oxygen atoms in total. The highest BCUT2D eigenvalue weighted by Gasteiger charge is 2.21. The van der Waals surface area contributed by atoms with Gasteiger partial charge in [0.05, 0.1) is 0 Å². The summed E-state index contributed by atoms with van der Waals surface area (Å²) in [5, 5.41) is 2.29. The van der Waals surface area contributed by atoms with Gasteiger partial charge in [-0.2, -0.15) is 0 Å². The van der Waals surface area contributed by atoms with Crippen LogP contribution in [0, 0.1) is 5.41 Å². The Morgan fingerprint density at radius 2 is 1.94 bits per heavy atom. The highest BCUT2D eigenvalue weighted by molar-refractivity contribution is 6.30. The Hall–Kier alpha value is -1.02. The largest absolute Gasteiger partial charge is 0.354 e. The summed E-state index contributed by atoms with van der Waals surface area (Å²) in [7, 11) is 0. The standard InChI is InChI=1S/C14H20ClNO/c1-4-14(2,3)10-16-13(17)12(15)11-8-6-5-7-9-11/h5-9,12H,4,10H2,1-3H3,(H,16,17). The summed E-state index contributed by atoms with van der Waals surface area (Å²) in [5.74, 6) is -0.126. The second-order valence-electron chi connectivity index (χ2n) is 5.01. The zero-order valence-electron chi connectivity index (χ0n) is 10.7. The summed E-state index contributed by atoms with van der Waals surface area (Å²) in [6, 6.07) is 9.40. The van der Waals surface area contributed by atoms with E-state index >= 15 is 0 Å². The normalized spacial score (nSPS) is 13.2. The van der Waals surface area contributed by atoms with Gasteiger partial charge in [-0.05, 0) is 17.4 Å². The van der Waals surface area contributed by atoms with Crippen LogP contribution >= 0.6 is 11.6 Å². The Kier molecular flexibility index (Phi) is 5.01. The molecule has 3 heteroatoms. The molecule has 0 saturated carbocycles. The first-order valence-electron chi connectivity index (χ1n) is 5.93. The minimum Gasteiger partial charge on any atom is -0.354 e. The molecule has 1 atom stereocenters. The average Bonchev–Trinajstić information content (AvgIpc) is 2.36. The Morgan fingerprint density at radius 1 is 1.35 bits per heavy atom. The molecule has 0 fully saturated rings. The molecule has 0 radical (unpaired) electrons. The molecular weight excluding hydrogens is 234 g/mol. The van der Waals surface area contributed by atoms with E-state index in [0.29, 0.717) is 6.54 Å². The van der Waals surface area contributed by atoms with Gasteiger partial charge in [0.1, 0.15) is 5.38 Å². The van der Waals surface area contributed by atoms with E-state index in [-0.39, 0.29) is 11.3 Å². The number of amides is 1. The highest BCUT2D eigenvalue weighted by Crippen LogP contribution is 2.22. The summed E-state index contributed by atoms with van der Waals surface area (Å²) < 4.78 is 0. The lowest BCUT2D eigenvalue weighted by Gasteiger charge is -2.23. The van der Waals surface area contributed by atoms with Crippen molar-refractivity contribution in [2.24, 2.45) is 5.41 Å². The Bertz CT molecular complexity index is 362. The molecule has 1 rings (SSSR count). The van der Waals surface area contributed by atoms with Crippen LogP contribution in [-0.4, -0.2) is 12.5 Å². The third-order valence-electron chi connectivity index (χ3n) is 3.02. The van der Waals surface area contributed by atoms with Gasteiger partial charge in [0, 0.05) is 6.54 Å². The van der Waals surface area contributed by atoms with Crippen LogP contribution < -0.4 is 5.32 Å². The van der Waals surface area contributed by atoms with Crippen molar-refractivity contribution in [2.75, 3.05) is 6.54 Å². The molecule has 0 spiro atoms. The fourth-order valence-corrected chi connectivity index (χ4v) is 1.54. The fraction of sp³-hybridized carbons (Fsp3) is 0.500. The summed E-state index contributed by atoms with van der Waals surface area (Å²) in [5.41, 5.74) is 0.948. The first kappa shape index (κ1) is 14.0. The van der Waals surface area contributed by atoms with Crippen LogP contribution in [-0.2, 0) is 4.79 Å². The van der Waals surface area contributed by atoms with Crippen LogP contribution in [0.1, 0.15) is 38.1 Å². The Balaban J connectivity index is 2.54. The van der Waals surface area contributed by atoms with Crippen molar-refractivity contribution in [3.8, 4) is 0 Å². The van der Waals surface area contributed by atoms with Crippen LogP contribution in [0.25, 0.3) is 0 Å². The predicted molar refractivity (Wildman–Crippen MR) is 72.1 cm³/mol. The minimum absolute atomic E-state index is 0.114. The molecule has 0 aromatic heterocycles. The van der Waals surface area contributed by atoms with Gasteiger partial charge in [-0.15, -0.1) is 11.6 Å². The van der Waals surface area contributed by atoms with Crippen molar-refractivity contribution < 1.29 is 4.79 Å². The number of rotatable bonds is 5. The molecule has 0 bridgehead atoms. The number of halogens is 1. The Labute approximate surface area is 108 Å². The zero-order chi connectivity index (χ0) is 12.9. The molecule has 0 aliphatic carbocycles. The molecule has 0 aliphatic heterocycles. The van der Waals surface area contributed by atoms with Crippen LogP contribution in [0.5, 0.6) is 0 Å². The number of carbonyl (C=O) groups is 1. The van der Waals surface area contributed by atoms with Crippen LogP contribution in [0.2, 0.25) is 0 Å². The van der Waals surface area contributed by atoms with E-state index in [0.717, 1.165) is 12.0 Å². The lowest BCUT2D eigenvalue weighted by atomic mass is 9.90. The van der Waals surface area contributed by atoms with Crippen molar-refractivity contribution in [1.82, 2.24) is 5.32 Å². The lowest BCUT2D eigenvalue weighted by Crippen LogP contribution is -2.35. The number of carbonyl (C=O) groups excluding carboxylic acids is 1. The van der Waals surface area contributed by atoms with E-state index in [1.807, 2.05) is 30.3 Å². The summed E-state index contributed by atoms with van der Waals surface area (Å²) in [6.07, 6.45) is 1.02. The molecular formula is C14H20ClNO. The van der Waals surface area contributed by atoms with Crippen LogP contribution in [0.4, 0.5) is 0 Å². The van der Waals surface area contributed by atoms with Crippen LogP contribution in [0.3, 0.4) is 0 Å². The summed E-state index contributed by atoms with van der Waals surface area (Å²) in [4.78, 5) is 11.9. The van der Waals surface area contributed by atoms with E-state index in [9.17, 15) is 4.79 Å². The number of benzene rings is 1. The van der Waals surface area contributed by atoms with Crippen molar-refractivity contribution in [1.29, 1.82) is 0 Å². The SMILES string of the molecule is CCC(C)(C)CNC(=O)C(Cl)c1ccccc1. The molecule has 1 unspecified atom stereocenters. The molecule has 17 heavy (non-hydrogen) atoms. The van der Waals surface area contributed by atoms with E-state index in [2.05, 4.69) is 26.1 Å². The fourth-order valence-electron chi connectivity index (χ4n) is 1.31. The minimum atomic E-state index is -0.608. The van der Waals surface area contributed by atoms with Crippen molar-refractivity contribution in [3.63, 3.8) is 0 Å². The smallest absolute Gasteiger partial charge is 0.242 e. The molecule has 0 heterocycles. The number of hydrogen-bond acceptors (Lipinski definition) is 1. The molecule has 1 N–H and O–H groups in total. The number of hydrogen-bond donors (Lipinski definition) is 1. The van der Waals surface area contributed by atoms with Gasteiger partial charge in [0.25, 0.3) is 0 Å². The first-order valence-corrected chi connectivity index (χ1v) is 6.36. The predicted octanol–water partition coefficient (Wildman–Crippen LogP) is 3.52. The molecule has 0 aliphatic rings. The van der Waals surface area contributed by atoms with Crippen molar-refractivity contribution in [2.45, 2.75) is 32.6 Å². The van der Waals surface area contributed by atoms with Gasteiger partial charge >= 0.3 is 0 Å². The van der Waals surface area contributed by atoms with Crippen molar-refractivity contribution in [3.05, 3.63) is 35.9 Å². The zero-order valence-corrected chi connectivity index (χ0v) is 11.4. The van der Waals surface area contributed by atoms with Gasteiger partial charge in [-0.25, -0.2) is 0 Å². The lowest BCUT2D eigenvalue weighted by molar-refractivity contribution is -0.121. The molecule has 94 valence electrons. The maximum atomic E-state index is 11.9. The number of alkyl halides is 1. The van der Waals surface area contributed by atoms with Gasteiger partial charge in [-0.3, -0.25) is 4.79 Å². The van der Waals surface area contributed by atoms with E-state index in [1.54, 1.807) is 0 Å². The molecule has 1 amide bonds. The van der Waals surface area contributed by atoms with Crippen molar-refractivity contribution >= 4 is 17.5 Å². The van der Waals surface area contributed by atoms with Gasteiger partial charge in [0.2, 0.25) is 5.91 Å². The second-order valence-corrected chi connectivity index (χ2v) is 5.45. The van der Waals surface area contributed by atoms with Gasteiger partial charge in [0.15, 0.2) is 0 Å². The quantitative estimate of drug-likeness (QED) is 0.800.